The van der Waals surface area contributed by atoms with Crippen molar-refractivity contribution in [1.29, 1.82) is 0 Å². The summed E-state index contributed by atoms with van der Waals surface area (Å²) < 4.78 is 39.2. The van der Waals surface area contributed by atoms with Crippen molar-refractivity contribution in [1.82, 2.24) is 14.7 Å². The quantitative estimate of drug-likeness (QED) is 0.838. The molecule has 1 unspecified atom stereocenters. The molecule has 0 fully saturated rings. The van der Waals surface area contributed by atoms with E-state index in [2.05, 4.69) is 5.10 Å². The van der Waals surface area contributed by atoms with Crippen LogP contribution in [0.15, 0.2) is 12.4 Å². The monoisotopic (exact) mass is 236 g/mol. The number of halogens is 3. The minimum Gasteiger partial charge on any atom is -0.329 e. The van der Waals surface area contributed by atoms with E-state index in [1.807, 2.05) is 0 Å². The molecule has 92 valence electrons. The first-order valence-electron chi connectivity index (χ1n) is 4.79. The Kier molecular flexibility index (Phi) is 3.93. The number of nitrogens with two attached hydrogens (primary N) is 1. The van der Waals surface area contributed by atoms with Crippen LogP contribution in [0.25, 0.3) is 0 Å². The summed E-state index contributed by atoms with van der Waals surface area (Å²) in [5.74, 6) is 0. The van der Waals surface area contributed by atoms with Gasteiger partial charge in [-0.1, -0.05) is 0 Å². The number of likely N-dealkylation sites (N-methyl/N-ethyl adjacent to an activating group) is 1. The third kappa shape index (κ3) is 3.21. The van der Waals surface area contributed by atoms with Gasteiger partial charge in [0, 0.05) is 31.9 Å². The summed E-state index contributed by atoms with van der Waals surface area (Å²) in [5.41, 5.74) is 5.87. The van der Waals surface area contributed by atoms with Crippen molar-refractivity contribution in [2.45, 2.75) is 18.8 Å². The van der Waals surface area contributed by atoms with Gasteiger partial charge in [-0.3, -0.25) is 9.58 Å². The average molecular weight is 236 g/mol. The molecule has 1 heterocycles. The van der Waals surface area contributed by atoms with Crippen LogP contribution < -0.4 is 5.73 Å². The second-order valence-electron chi connectivity index (χ2n) is 3.73. The number of aryl methyl sites for hydroxylation is 1. The van der Waals surface area contributed by atoms with Crippen molar-refractivity contribution in [3.63, 3.8) is 0 Å². The van der Waals surface area contributed by atoms with Crippen molar-refractivity contribution in [2.75, 3.05) is 13.6 Å². The lowest BCUT2D eigenvalue weighted by Gasteiger charge is -2.28. The van der Waals surface area contributed by atoms with E-state index in [0.717, 1.165) is 5.56 Å². The summed E-state index contributed by atoms with van der Waals surface area (Å²) >= 11 is 0. The molecule has 16 heavy (non-hydrogen) atoms. The predicted molar refractivity (Wildman–Crippen MR) is 53.6 cm³/mol. The van der Waals surface area contributed by atoms with Gasteiger partial charge in [-0.2, -0.15) is 18.3 Å². The molecule has 0 aromatic carbocycles. The fourth-order valence-corrected chi connectivity index (χ4v) is 1.52. The maximum atomic E-state index is 12.5. The van der Waals surface area contributed by atoms with Crippen LogP contribution in [0.5, 0.6) is 0 Å². The smallest absolute Gasteiger partial charge is 0.329 e. The number of aromatic nitrogens is 2. The molecule has 7 heteroatoms. The van der Waals surface area contributed by atoms with Crippen LogP contribution in [-0.4, -0.2) is 40.5 Å². The Morgan fingerprint density at radius 2 is 2.19 bits per heavy atom. The van der Waals surface area contributed by atoms with Gasteiger partial charge < -0.3 is 5.73 Å². The number of hydrogen-bond acceptors (Lipinski definition) is 3. The van der Waals surface area contributed by atoms with Crippen LogP contribution in [0.1, 0.15) is 5.56 Å². The molecule has 1 aromatic rings. The van der Waals surface area contributed by atoms with E-state index >= 15 is 0 Å². The van der Waals surface area contributed by atoms with E-state index in [0.29, 0.717) is 0 Å². The first-order valence-corrected chi connectivity index (χ1v) is 4.79. The first-order chi connectivity index (χ1) is 7.34. The molecule has 1 atom stereocenters. The van der Waals surface area contributed by atoms with Crippen LogP contribution in [0.2, 0.25) is 0 Å². The van der Waals surface area contributed by atoms with E-state index in [9.17, 15) is 13.2 Å². The van der Waals surface area contributed by atoms with Crippen molar-refractivity contribution >= 4 is 0 Å². The van der Waals surface area contributed by atoms with Gasteiger partial charge in [0.2, 0.25) is 0 Å². The molecule has 0 aliphatic rings. The Labute approximate surface area is 91.8 Å². The highest BCUT2D eigenvalue weighted by molar-refractivity contribution is 5.03. The Balaban J connectivity index is 2.66. The first kappa shape index (κ1) is 13.0. The molecular weight excluding hydrogens is 221 g/mol. The third-order valence-corrected chi connectivity index (χ3v) is 2.32. The molecule has 0 aliphatic carbocycles. The van der Waals surface area contributed by atoms with Gasteiger partial charge in [0.25, 0.3) is 0 Å². The number of rotatable bonds is 4. The minimum atomic E-state index is -4.30. The molecule has 0 radical (unpaired) electrons. The van der Waals surface area contributed by atoms with Crippen LogP contribution in [0.3, 0.4) is 0 Å². The summed E-state index contributed by atoms with van der Waals surface area (Å²) in [6.07, 6.45) is -1.08. The zero-order valence-corrected chi connectivity index (χ0v) is 9.20. The summed E-state index contributed by atoms with van der Waals surface area (Å²) in [7, 11) is 3.12. The van der Waals surface area contributed by atoms with Crippen LogP contribution in [0.4, 0.5) is 13.2 Å². The Hall–Kier alpha value is -1.08. The lowest BCUT2D eigenvalue weighted by atomic mass is 10.2. The SMILES string of the molecule is CN(Cc1cnn(C)c1)C(CN)C(F)(F)F. The van der Waals surface area contributed by atoms with E-state index in [1.165, 1.54) is 11.9 Å². The molecule has 0 aliphatic heterocycles. The van der Waals surface area contributed by atoms with E-state index in [1.54, 1.807) is 24.1 Å². The van der Waals surface area contributed by atoms with E-state index in [4.69, 9.17) is 5.73 Å². The number of nitrogens with zero attached hydrogens (tertiary/aromatic N) is 3. The molecule has 2 N–H and O–H groups in total. The van der Waals surface area contributed by atoms with Gasteiger partial charge >= 0.3 is 6.18 Å². The molecule has 0 saturated heterocycles. The van der Waals surface area contributed by atoms with Crippen LogP contribution in [0, 0.1) is 0 Å². The normalized spacial score (nSPS) is 14.4. The topological polar surface area (TPSA) is 47.1 Å². The second kappa shape index (κ2) is 4.84. The summed E-state index contributed by atoms with van der Waals surface area (Å²) in [5, 5.41) is 3.89. The molecule has 0 spiro atoms. The summed E-state index contributed by atoms with van der Waals surface area (Å²) in [6.45, 7) is -0.268. The van der Waals surface area contributed by atoms with Crippen molar-refractivity contribution in [2.24, 2.45) is 12.8 Å². The summed E-state index contributed by atoms with van der Waals surface area (Å²) in [6, 6.07) is -1.62. The molecular formula is C9H15F3N4. The predicted octanol–water partition coefficient (Wildman–Crippen LogP) is 0.741. The minimum absolute atomic E-state index is 0.176. The van der Waals surface area contributed by atoms with E-state index < -0.39 is 18.8 Å². The van der Waals surface area contributed by atoms with Gasteiger partial charge in [-0.15, -0.1) is 0 Å². The van der Waals surface area contributed by atoms with Crippen molar-refractivity contribution < 1.29 is 13.2 Å². The Morgan fingerprint density at radius 1 is 1.56 bits per heavy atom. The molecule has 0 saturated carbocycles. The molecule has 1 aromatic heterocycles. The maximum Gasteiger partial charge on any atom is 0.405 e. The summed E-state index contributed by atoms with van der Waals surface area (Å²) in [4.78, 5) is 1.18. The highest BCUT2D eigenvalue weighted by Gasteiger charge is 2.41. The molecule has 1 rings (SSSR count). The average Bonchev–Trinajstić information content (AvgIpc) is 2.49. The standard InChI is InChI=1S/C9H15F3N4/c1-15(8(3-13)9(10,11)12)5-7-4-14-16(2)6-7/h4,6,8H,3,5,13H2,1-2H3. The van der Waals surface area contributed by atoms with Gasteiger partial charge in [-0.25, -0.2) is 0 Å². The molecule has 0 bridgehead atoms. The van der Waals surface area contributed by atoms with Crippen molar-refractivity contribution in [3.05, 3.63) is 18.0 Å². The lowest BCUT2D eigenvalue weighted by Crippen LogP contribution is -2.48. The third-order valence-electron chi connectivity index (χ3n) is 2.32. The number of alkyl halides is 3. The number of hydrogen-bond donors (Lipinski definition) is 1. The van der Waals surface area contributed by atoms with Gasteiger partial charge in [-0.05, 0) is 7.05 Å². The Bertz CT molecular complexity index is 334. The molecule has 4 nitrogen and oxygen atoms in total. The van der Waals surface area contributed by atoms with Crippen molar-refractivity contribution in [3.8, 4) is 0 Å². The van der Waals surface area contributed by atoms with E-state index in [-0.39, 0.29) is 6.54 Å². The fraction of sp³-hybridized carbons (Fsp3) is 0.667. The van der Waals surface area contributed by atoms with Crippen LogP contribution >= 0.6 is 0 Å². The van der Waals surface area contributed by atoms with Gasteiger partial charge in [0.05, 0.1) is 6.20 Å². The highest BCUT2D eigenvalue weighted by Crippen LogP contribution is 2.24. The Morgan fingerprint density at radius 3 is 2.56 bits per heavy atom. The largest absolute Gasteiger partial charge is 0.405 e. The fourth-order valence-electron chi connectivity index (χ4n) is 1.52. The second-order valence-corrected chi connectivity index (χ2v) is 3.73. The zero-order valence-electron chi connectivity index (χ0n) is 9.20. The van der Waals surface area contributed by atoms with Gasteiger partial charge in [0.15, 0.2) is 0 Å². The van der Waals surface area contributed by atoms with Crippen LogP contribution in [-0.2, 0) is 13.6 Å². The lowest BCUT2D eigenvalue weighted by molar-refractivity contribution is -0.178. The van der Waals surface area contributed by atoms with Gasteiger partial charge in [0.1, 0.15) is 6.04 Å². The zero-order chi connectivity index (χ0) is 12.3. The highest BCUT2D eigenvalue weighted by atomic mass is 19.4. The maximum absolute atomic E-state index is 12.5. The molecule has 0 amide bonds.